The minimum absolute atomic E-state index is 0.145. The highest BCUT2D eigenvalue weighted by molar-refractivity contribution is 7.17. The van der Waals surface area contributed by atoms with Crippen molar-refractivity contribution in [2.24, 2.45) is 5.92 Å². The summed E-state index contributed by atoms with van der Waals surface area (Å²) in [6.07, 6.45) is 2.28. The fourth-order valence-corrected chi connectivity index (χ4v) is 4.74. The van der Waals surface area contributed by atoms with E-state index in [0.29, 0.717) is 5.92 Å². The minimum Gasteiger partial charge on any atom is -0.338 e. The van der Waals surface area contributed by atoms with Gasteiger partial charge in [0, 0.05) is 18.7 Å². The Bertz CT molecular complexity index is 766. The van der Waals surface area contributed by atoms with Gasteiger partial charge in [-0.2, -0.15) is 0 Å². The number of likely N-dealkylation sites (tertiary alicyclic amines) is 1. The lowest BCUT2D eigenvalue weighted by Crippen LogP contribution is -2.42. The van der Waals surface area contributed by atoms with Crippen LogP contribution in [0.2, 0.25) is 0 Å². The molecule has 1 aliphatic rings. The molecule has 1 N–H and O–H groups in total. The molecule has 1 saturated heterocycles. The monoisotopic (exact) mass is 357 g/mol. The van der Waals surface area contributed by atoms with Gasteiger partial charge < -0.3 is 10.2 Å². The largest absolute Gasteiger partial charge is 0.338 e. The minimum atomic E-state index is 0.145. The molecule has 3 rings (SSSR count). The molecule has 0 radical (unpaired) electrons. The lowest BCUT2D eigenvalue weighted by Gasteiger charge is -2.32. The average Bonchev–Trinajstić information content (AvgIpc) is 2.96. The molecule has 0 spiro atoms. The maximum atomic E-state index is 13.0. The van der Waals surface area contributed by atoms with Crippen molar-refractivity contribution in [1.29, 1.82) is 0 Å². The Kier molecular flexibility index (Phi) is 5.54. The van der Waals surface area contributed by atoms with E-state index in [9.17, 15) is 4.79 Å². The summed E-state index contributed by atoms with van der Waals surface area (Å²) in [6.45, 7) is 8.82. The van der Waals surface area contributed by atoms with Crippen molar-refractivity contribution < 1.29 is 4.79 Å². The third kappa shape index (κ3) is 3.93. The number of thiazole rings is 1. The second-order valence-corrected chi connectivity index (χ2v) is 8.07. The van der Waals surface area contributed by atoms with Crippen molar-refractivity contribution in [3.63, 3.8) is 0 Å². The molecule has 25 heavy (non-hydrogen) atoms. The van der Waals surface area contributed by atoms with Gasteiger partial charge in [0.15, 0.2) is 0 Å². The van der Waals surface area contributed by atoms with Gasteiger partial charge in [-0.3, -0.25) is 4.79 Å². The number of aryl methyl sites for hydroxylation is 3. The molecule has 0 unspecified atom stereocenters. The molecule has 0 saturated carbocycles. The maximum Gasteiger partial charge on any atom is 0.265 e. The molecule has 2 heterocycles. The Balaban J connectivity index is 1.83. The van der Waals surface area contributed by atoms with Crippen LogP contribution in [0.3, 0.4) is 0 Å². The summed E-state index contributed by atoms with van der Waals surface area (Å²) >= 11 is 1.53. The highest BCUT2D eigenvalue weighted by atomic mass is 32.1. The van der Waals surface area contributed by atoms with Crippen LogP contribution in [0, 0.1) is 26.7 Å². The van der Waals surface area contributed by atoms with E-state index in [1.54, 1.807) is 0 Å². The average molecular weight is 358 g/mol. The lowest BCUT2D eigenvalue weighted by molar-refractivity contribution is 0.0678. The van der Waals surface area contributed by atoms with E-state index in [1.807, 2.05) is 18.9 Å². The summed E-state index contributed by atoms with van der Waals surface area (Å²) in [7, 11) is 1.98. The van der Waals surface area contributed by atoms with Crippen molar-refractivity contribution in [2.45, 2.75) is 33.6 Å². The smallest absolute Gasteiger partial charge is 0.265 e. The molecular formula is C20H27N3OS. The van der Waals surface area contributed by atoms with Gasteiger partial charge in [-0.15, -0.1) is 11.3 Å². The molecule has 134 valence electrons. The number of rotatable bonds is 4. The van der Waals surface area contributed by atoms with Crippen LogP contribution in [-0.4, -0.2) is 42.5 Å². The van der Waals surface area contributed by atoms with Crippen LogP contribution < -0.4 is 5.32 Å². The molecule has 0 bridgehead atoms. The van der Waals surface area contributed by atoms with E-state index >= 15 is 0 Å². The zero-order chi connectivity index (χ0) is 18.0. The number of benzene rings is 1. The number of hydrogen-bond donors (Lipinski definition) is 1. The number of piperidine rings is 1. The zero-order valence-electron chi connectivity index (χ0n) is 15.6. The molecule has 1 aliphatic heterocycles. The van der Waals surface area contributed by atoms with Crippen LogP contribution in [0.25, 0.3) is 10.6 Å². The standard InChI is InChI=1S/C20H27N3OS/c1-13-7-8-17(14(2)10-13)19-22-15(3)18(25-19)20(24)23-9-5-6-16(12-23)11-21-4/h7-8,10,16,21H,5-6,9,11-12H2,1-4H3/t16-/m0/s1. The van der Waals surface area contributed by atoms with Gasteiger partial charge in [0.05, 0.1) is 5.69 Å². The third-order valence-corrected chi connectivity index (χ3v) is 6.08. The first-order valence-electron chi connectivity index (χ1n) is 8.98. The first-order valence-corrected chi connectivity index (χ1v) is 9.80. The predicted molar refractivity (Wildman–Crippen MR) is 104 cm³/mol. The quantitative estimate of drug-likeness (QED) is 0.905. The SMILES string of the molecule is CNC[C@@H]1CCCN(C(=O)c2sc(-c3ccc(C)cc3C)nc2C)C1. The fraction of sp³-hybridized carbons (Fsp3) is 0.500. The Morgan fingerprint density at radius 3 is 2.88 bits per heavy atom. The number of nitrogens with one attached hydrogen (secondary N) is 1. The van der Waals surface area contributed by atoms with Crippen molar-refractivity contribution in [3.05, 3.63) is 39.9 Å². The van der Waals surface area contributed by atoms with Gasteiger partial charge in [-0.25, -0.2) is 4.98 Å². The van der Waals surface area contributed by atoms with E-state index in [2.05, 4.69) is 37.4 Å². The van der Waals surface area contributed by atoms with Crippen molar-refractivity contribution in [1.82, 2.24) is 15.2 Å². The Hall–Kier alpha value is -1.72. The molecule has 1 aromatic heterocycles. The van der Waals surface area contributed by atoms with Crippen molar-refractivity contribution >= 4 is 17.2 Å². The van der Waals surface area contributed by atoms with Gasteiger partial charge >= 0.3 is 0 Å². The van der Waals surface area contributed by atoms with Crippen LogP contribution in [0.1, 0.15) is 39.3 Å². The predicted octanol–water partition coefficient (Wildman–Crippen LogP) is 3.81. The topological polar surface area (TPSA) is 45.2 Å². The van der Waals surface area contributed by atoms with Gasteiger partial charge in [0.25, 0.3) is 5.91 Å². The van der Waals surface area contributed by atoms with Crippen molar-refractivity contribution in [2.75, 3.05) is 26.7 Å². The first-order chi connectivity index (χ1) is 12.0. The summed E-state index contributed by atoms with van der Waals surface area (Å²) in [5.74, 6) is 0.696. The summed E-state index contributed by atoms with van der Waals surface area (Å²) in [4.78, 5) is 20.5. The Morgan fingerprint density at radius 2 is 2.16 bits per heavy atom. The van der Waals surface area contributed by atoms with E-state index < -0.39 is 0 Å². The molecule has 1 fully saturated rings. The highest BCUT2D eigenvalue weighted by Gasteiger charge is 2.27. The lowest BCUT2D eigenvalue weighted by atomic mass is 9.98. The van der Waals surface area contributed by atoms with Gasteiger partial charge in [0.2, 0.25) is 0 Å². The first kappa shape index (κ1) is 18.1. The van der Waals surface area contributed by atoms with Gasteiger partial charge in [0.1, 0.15) is 9.88 Å². The molecule has 1 aromatic carbocycles. The number of carbonyl (C=O) groups is 1. The zero-order valence-corrected chi connectivity index (χ0v) is 16.4. The number of carbonyl (C=O) groups excluding carboxylic acids is 1. The molecule has 1 atom stereocenters. The molecule has 2 aromatic rings. The Labute approximate surface area is 154 Å². The van der Waals surface area contributed by atoms with Gasteiger partial charge in [-0.05, 0) is 58.7 Å². The summed E-state index contributed by atoms with van der Waals surface area (Å²) in [5.41, 5.74) is 4.43. The van der Waals surface area contributed by atoms with Crippen molar-refractivity contribution in [3.8, 4) is 10.6 Å². The van der Waals surface area contributed by atoms with E-state index in [1.165, 1.54) is 28.9 Å². The molecule has 5 heteroatoms. The molecule has 1 amide bonds. The summed E-state index contributed by atoms with van der Waals surface area (Å²) < 4.78 is 0. The number of hydrogen-bond acceptors (Lipinski definition) is 4. The fourth-order valence-electron chi connectivity index (χ4n) is 3.61. The number of nitrogens with zero attached hydrogens (tertiary/aromatic N) is 2. The normalized spacial score (nSPS) is 17.8. The Morgan fingerprint density at radius 1 is 1.36 bits per heavy atom. The number of amides is 1. The van der Waals surface area contributed by atoms with E-state index in [0.717, 1.165) is 47.2 Å². The maximum absolute atomic E-state index is 13.0. The molecular weight excluding hydrogens is 330 g/mol. The second-order valence-electron chi connectivity index (χ2n) is 7.07. The van der Waals surface area contributed by atoms with Gasteiger partial charge in [-0.1, -0.05) is 23.8 Å². The molecule has 0 aliphatic carbocycles. The third-order valence-electron chi connectivity index (χ3n) is 4.90. The van der Waals surface area contributed by atoms with E-state index in [4.69, 9.17) is 4.98 Å². The second kappa shape index (κ2) is 7.67. The van der Waals surface area contributed by atoms with E-state index in [-0.39, 0.29) is 5.91 Å². The summed E-state index contributed by atoms with van der Waals surface area (Å²) in [5, 5.41) is 4.18. The highest BCUT2D eigenvalue weighted by Crippen LogP contribution is 2.32. The number of aromatic nitrogens is 1. The molecule has 4 nitrogen and oxygen atoms in total. The van der Waals surface area contributed by atoms with Crippen LogP contribution in [0.15, 0.2) is 18.2 Å². The van der Waals surface area contributed by atoms with Crippen LogP contribution in [0.4, 0.5) is 0 Å². The van der Waals surface area contributed by atoms with Crippen LogP contribution in [-0.2, 0) is 0 Å². The van der Waals surface area contributed by atoms with Crippen LogP contribution >= 0.6 is 11.3 Å². The summed E-state index contributed by atoms with van der Waals surface area (Å²) in [6, 6.07) is 6.38. The van der Waals surface area contributed by atoms with Crippen LogP contribution in [0.5, 0.6) is 0 Å².